The smallest absolute Gasteiger partial charge is 0.337 e. The molecule has 0 unspecified atom stereocenters. The normalized spacial score (nSPS) is 10.7. The molecular formula is C14H16FN3O2S. The van der Waals surface area contributed by atoms with E-state index in [1.54, 1.807) is 0 Å². The van der Waals surface area contributed by atoms with Crippen molar-refractivity contribution < 1.29 is 13.9 Å². The number of carbonyl (C=O) groups excluding carboxylic acids is 1. The van der Waals surface area contributed by atoms with Crippen LogP contribution in [0.25, 0.3) is 0 Å². The lowest BCUT2D eigenvalue weighted by atomic mass is 10.1. The van der Waals surface area contributed by atoms with Crippen LogP contribution in [0.4, 0.5) is 4.39 Å². The lowest BCUT2D eigenvalue weighted by molar-refractivity contribution is 0.0600. The zero-order valence-electron chi connectivity index (χ0n) is 12.1. The number of aryl methyl sites for hydroxylation is 1. The first-order chi connectivity index (χ1) is 10.1. The van der Waals surface area contributed by atoms with Gasteiger partial charge in [0.25, 0.3) is 0 Å². The molecule has 5 nitrogen and oxygen atoms in total. The van der Waals surface area contributed by atoms with Crippen molar-refractivity contribution in [2.24, 2.45) is 0 Å². The number of aromatic nitrogens is 3. The molecule has 2 aromatic rings. The molecule has 0 atom stereocenters. The van der Waals surface area contributed by atoms with Gasteiger partial charge in [0.15, 0.2) is 5.16 Å². The van der Waals surface area contributed by atoms with Crippen molar-refractivity contribution >= 4 is 17.7 Å². The van der Waals surface area contributed by atoms with E-state index in [0.717, 1.165) is 17.5 Å². The van der Waals surface area contributed by atoms with E-state index in [1.165, 1.54) is 37.1 Å². The van der Waals surface area contributed by atoms with Gasteiger partial charge in [-0.05, 0) is 37.6 Å². The van der Waals surface area contributed by atoms with Gasteiger partial charge in [0, 0.05) is 12.3 Å². The summed E-state index contributed by atoms with van der Waals surface area (Å²) in [7, 11) is 1.30. The summed E-state index contributed by atoms with van der Waals surface area (Å²) < 4.78 is 20.4. The molecule has 1 heterocycles. The highest BCUT2D eigenvalue weighted by Gasteiger charge is 2.13. The Hall–Kier alpha value is -1.89. The van der Waals surface area contributed by atoms with Crippen molar-refractivity contribution in [2.75, 3.05) is 7.11 Å². The molecule has 0 bridgehead atoms. The van der Waals surface area contributed by atoms with Gasteiger partial charge in [0.2, 0.25) is 0 Å². The van der Waals surface area contributed by atoms with Crippen LogP contribution in [0.15, 0.2) is 23.4 Å². The number of hydrogen-bond acceptors (Lipinski definition) is 5. The Labute approximate surface area is 126 Å². The third-order valence-electron chi connectivity index (χ3n) is 3.04. The van der Waals surface area contributed by atoms with Crippen LogP contribution >= 0.6 is 11.8 Å². The Kier molecular flexibility index (Phi) is 4.95. The highest BCUT2D eigenvalue weighted by Crippen LogP contribution is 2.24. The topological polar surface area (TPSA) is 57.0 Å². The van der Waals surface area contributed by atoms with E-state index in [1.807, 2.05) is 18.4 Å². The SMILES string of the molecule is CCn1c(C)nnc1SCc1cc(C(=O)OC)ccc1F. The quantitative estimate of drug-likeness (QED) is 0.628. The second-order valence-electron chi connectivity index (χ2n) is 4.36. The summed E-state index contributed by atoms with van der Waals surface area (Å²) in [6.45, 7) is 4.63. The molecule has 0 aliphatic heterocycles. The van der Waals surface area contributed by atoms with E-state index in [0.29, 0.717) is 16.9 Å². The third-order valence-corrected chi connectivity index (χ3v) is 4.06. The van der Waals surface area contributed by atoms with Crippen LogP contribution in [-0.2, 0) is 17.0 Å². The minimum Gasteiger partial charge on any atom is -0.465 e. The van der Waals surface area contributed by atoms with E-state index in [4.69, 9.17) is 0 Å². The van der Waals surface area contributed by atoms with Crippen molar-refractivity contribution in [1.29, 1.82) is 0 Å². The van der Waals surface area contributed by atoms with Crippen LogP contribution in [0.3, 0.4) is 0 Å². The number of benzene rings is 1. The second kappa shape index (κ2) is 6.71. The first-order valence-electron chi connectivity index (χ1n) is 6.46. The molecule has 0 amide bonds. The second-order valence-corrected chi connectivity index (χ2v) is 5.30. The molecule has 0 aliphatic carbocycles. The molecule has 0 radical (unpaired) electrons. The Morgan fingerprint density at radius 3 is 2.86 bits per heavy atom. The number of esters is 1. The number of halogens is 1. The monoisotopic (exact) mass is 309 g/mol. The maximum atomic E-state index is 13.8. The van der Waals surface area contributed by atoms with Gasteiger partial charge < -0.3 is 9.30 Å². The minimum absolute atomic E-state index is 0.336. The van der Waals surface area contributed by atoms with E-state index in [2.05, 4.69) is 14.9 Å². The molecule has 2 rings (SSSR count). The molecule has 0 N–H and O–H groups in total. The average molecular weight is 309 g/mol. The molecule has 0 saturated carbocycles. The molecule has 7 heteroatoms. The molecular weight excluding hydrogens is 293 g/mol. The molecule has 0 saturated heterocycles. The van der Waals surface area contributed by atoms with Crippen molar-refractivity contribution in [3.8, 4) is 0 Å². The van der Waals surface area contributed by atoms with E-state index in [-0.39, 0.29) is 5.82 Å². The zero-order valence-corrected chi connectivity index (χ0v) is 12.9. The number of methoxy groups -OCH3 is 1. The predicted octanol–water partition coefficient (Wildman–Crippen LogP) is 2.82. The standard InChI is InChI=1S/C14H16FN3O2S/c1-4-18-9(2)16-17-14(18)21-8-11-7-10(13(19)20-3)5-6-12(11)15/h5-7H,4,8H2,1-3H3. The summed E-state index contributed by atoms with van der Waals surface area (Å²) in [6.07, 6.45) is 0. The largest absolute Gasteiger partial charge is 0.465 e. The lowest BCUT2D eigenvalue weighted by Crippen LogP contribution is -2.03. The highest BCUT2D eigenvalue weighted by atomic mass is 32.2. The van der Waals surface area contributed by atoms with Gasteiger partial charge in [-0.25, -0.2) is 9.18 Å². The van der Waals surface area contributed by atoms with Gasteiger partial charge in [0.1, 0.15) is 11.6 Å². The molecule has 0 fully saturated rings. The maximum Gasteiger partial charge on any atom is 0.337 e. The summed E-state index contributed by atoms with van der Waals surface area (Å²) in [5.74, 6) is 0.362. The predicted molar refractivity (Wildman–Crippen MR) is 77.7 cm³/mol. The summed E-state index contributed by atoms with van der Waals surface area (Å²) in [4.78, 5) is 11.5. The summed E-state index contributed by atoms with van der Waals surface area (Å²) in [6, 6.07) is 4.19. The molecule has 112 valence electrons. The number of rotatable bonds is 5. The number of carbonyl (C=O) groups is 1. The van der Waals surface area contributed by atoms with Crippen LogP contribution in [0.2, 0.25) is 0 Å². The molecule has 0 spiro atoms. The van der Waals surface area contributed by atoms with Gasteiger partial charge >= 0.3 is 5.97 Å². The van der Waals surface area contributed by atoms with E-state index >= 15 is 0 Å². The van der Waals surface area contributed by atoms with Crippen LogP contribution in [-0.4, -0.2) is 27.8 Å². The highest BCUT2D eigenvalue weighted by molar-refractivity contribution is 7.98. The zero-order chi connectivity index (χ0) is 15.4. The van der Waals surface area contributed by atoms with Crippen LogP contribution < -0.4 is 0 Å². The Morgan fingerprint density at radius 1 is 1.43 bits per heavy atom. The van der Waals surface area contributed by atoms with E-state index < -0.39 is 5.97 Å². The Balaban J connectivity index is 2.17. The van der Waals surface area contributed by atoms with E-state index in [9.17, 15) is 9.18 Å². The number of hydrogen-bond donors (Lipinski definition) is 0. The number of nitrogens with zero attached hydrogens (tertiary/aromatic N) is 3. The summed E-state index contributed by atoms with van der Waals surface area (Å²) in [5, 5.41) is 8.81. The maximum absolute atomic E-state index is 13.8. The first-order valence-corrected chi connectivity index (χ1v) is 7.44. The first kappa shape index (κ1) is 15.5. The summed E-state index contributed by atoms with van der Waals surface area (Å²) in [5.41, 5.74) is 0.772. The van der Waals surface area contributed by atoms with Crippen LogP contribution in [0, 0.1) is 12.7 Å². The fraction of sp³-hybridized carbons (Fsp3) is 0.357. The van der Waals surface area contributed by atoms with Crippen molar-refractivity contribution in [3.63, 3.8) is 0 Å². The molecule has 21 heavy (non-hydrogen) atoms. The fourth-order valence-corrected chi connectivity index (χ4v) is 2.93. The number of thioether (sulfide) groups is 1. The summed E-state index contributed by atoms with van der Waals surface area (Å²) >= 11 is 1.38. The Morgan fingerprint density at radius 2 is 2.19 bits per heavy atom. The van der Waals surface area contributed by atoms with Crippen molar-refractivity contribution in [1.82, 2.24) is 14.8 Å². The van der Waals surface area contributed by atoms with Crippen LogP contribution in [0.5, 0.6) is 0 Å². The van der Waals surface area contributed by atoms with Gasteiger partial charge in [-0.2, -0.15) is 0 Å². The van der Waals surface area contributed by atoms with Gasteiger partial charge in [-0.3, -0.25) is 0 Å². The average Bonchev–Trinajstić information content (AvgIpc) is 2.85. The minimum atomic E-state index is -0.478. The van der Waals surface area contributed by atoms with Gasteiger partial charge in [-0.15, -0.1) is 10.2 Å². The van der Waals surface area contributed by atoms with Gasteiger partial charge in [0.05, 0.1) is 12.7 Å². The molecule has 1 aromatic carbocycles. The third kappa shape index (κ3) is 3.41. The fourth-order valence-electron chi connectivity index (χ4n) is 1.90. The molecule has 1 aromatic heterocycles. The number of ether oxygens (including phenoxy) is 1. The molecule has 0 aliphatic rings. The van der Waals surface area contributed by atoms with Crippen LogP contribution in [0.1, 0.15) is 28.7 Å². The van der Waals surface area contributed by atoms with Crippen molar-refractivity contribution in [3.05, 3.63) is 41.0 Å². The van der Waals surface area contributed by atoms with Crippen molar-refractivity contribution in [2.45, 2.75) is 31.3 Å². The van der Waals surface area contributed by atoms with Gasteiger partial charge in [-0.1, -0.05) is 11.8 Å². The Bertz CT molecular complexity index is 658. The lowest BCUT2D eigenvalue weighted by Gasteiger charge is -2.07.